The van der Waals surface area contributed by atoms with Crippen molar-refractivity contribution in [3.05, 3.63) is 102 Å². The van der Waals surface area contributed by atoms with Gasteiger partial charge in [-0.3, -0.25) is 0 Å². The molecule has 0 radical (unpaired) electrons. The predicted octanol–water partition coefficient (Wildman–Crippen LogP) is 6.72. The third kappa shape index (κ3) is 5.46. The van der Waals surface area contributed by atoms with Crippen molar-refractivity contribution in [1.82, 2.24) is 9.55 Å². The van der Waals surface area contributed by atoms with Crippen molar-refractivity contribution in [2.45, 2.75) is 45.8 Å². The number of allylic oxidation sites excluding steroid dienone is 1. The van der Waals surface area contributed by atoms with Crippen LogP contribution in [0.5, 0.6) is 11.5 Å². The number of para-hydroxylation sites is 3. The van der Waals surface area contributed by atoms with Crippen LogP contribution in [0.2, 0.25) is 0 Å². The normalized spacial score (nSPS) is 11.5. The fourth-order valence-electron chi connectivity index (χ4n) is 3.90. The van der Waals surface area contributed by atoms with E-state index in [-0.39, 0.29) is 5.41 Å². The maximum absolute atomic E-state index is 6.14. The molecule has 0 saturated carbocycles. The summed E-state index contributed by atoms with van der Waals surface area (Å²) in [7, 11) is 0. The zero-order valence-electron chi connectivity index (χ0n) is 19.8. The third-order valence-corrected chi connectivity index (χ3v) is 5.73. The minimum Gasteiger partial charge on any atom is -0.491 e. The van der Waals surface area contributed by atoms with Crippen molar-refractivity contribution in [2.24, 2.45) is 0 Å². The van der Waals surface area contributed by atoms with Gasteiger partial charge in [-0.15, -0.1) is 6.58 Å². The highest BCUT2D eigenvalue weighted by atomic mass is 16.5. The van der Waals surface area contributed by atoms with Gasteiger partial charge >= 0.3 is 0 Å². The standard InChI is InChI=1S/C29H32N2O2/c1-5-10-22-11-6-9-14-27(22)32-20-19-31-26-13-8-7-12-25(26)30-28(31)21-33-24-17-15-23(16-18-24)29(2,3)4/h5-9,11-18H,1,10,19-21H2,2-4H3. The van der Waals surface area contributed by atoms with Crippen LogP contribution < -0.4 is 9.47 Å². The molecule has 0 amide bonds. The summed E-state index contributed by atoms with van der Waals surface area (Å²) in [6, 6.07) is 24.6. The van der Waals surface area contributed by atoms with Gasteiger partial charge in [-0.05, 0) is 53.3 Å². The molecule has 3 aromatic carbocycles. The number of hydrogen-bond acceptors (Lipinski definition) is 3. The zero-order valence-corrected chi connectivity index (χ0v) is 19.8. The molecule has 0 saturated heterocycles. The fourth-order valence-corrected chi connectivity index (χ4v) is 3.90. The van der Waals surface area contributed by atoms with Crippen LogP contribution in [0.4, 0.5) is 0 Å². The summed E-state index contributed by atoms with van der Waals surface area (Å²) in [5.74, 6) is 2.63. The van der Waals surface area contributed by atoms with Crippen LogP contribution in [-0.2, 0) is 25.0 Å². The molecular weight excluding hydrogens is 408 g/mol. The molecule has 33 heavy (non-hydrogen) atoms. The molecule has 4 rings (SSSR count). The summed E-state index contributed by atoms with van der Waals surface area (Å²) in [4.78, 5) is 4.83. The number of aromatic nitrogens is 2. The Morgan fingerprint density at radius 3 is 2.39 bits per heavy atom. The van der Waals surface area contributed by atoms with E-state index in [1.165, 1.54) is 5.56 Å². The van der Waals surface area contributed by atoms with Crippen LogP contribution >= 0.6 is 0 Å². The molecular formula is C29H32N2O2. The highest BCUT2D eigenvalue weighted by Crippen LogP contribution is 2.25. The summed E-state index contributed by atoms with van der Waals surface area (Å²) in [6.07, 6.45) is 2.69. The predicted molar refractivity (Wildman–Crippen MR) is 135 cm³/mol. The van der Waals surface area contributed by atoms with Gasteiger partial charge in [0.1, 0.15) is 30.5 Å². The molecule has 0 fully saturated rings. The average Bonchev–Trinajstić information content (AvgIpc) is 3.16. The van der Waals surface area contributed by atoms with Crippen LogP contribution in [0.15, 0.2) is 85.5 Å². The molecule has 0 spiro atoms. The number of nitrogens with zero attached hydrogens (tertiary/aromatic N) is 2. The maximum Gasteiger partial charge on any atom is 0.148 e. The number of imidazole rings is 1. The smallest absolute Gasteiger partial charge is 0.148 e. The second-order valence-electron chi connectivity index (χ2n) is 9.18. The summed E-state index contributed by atoms with van der Waals surface area (Å²) < 4.78 is 14.4. The third-order valence-electron chi connectivity index (χ3n) is 5.73. The maximum atomic E-state index is 6.14. The monoisotopic (exact) mass is 440 g/mol. The minimum absolute atomic E-state index is 0.122. The molecule has 4 nitrogen and oxygen atoms in total. The summed E-state index contributed by atoms with van der Waals surface area (Å²) >= 11 is 0. The van der Waals surface area contributed by atoms with E-state index in [0.29, 0.717) is 19.8 Å². The van der Waals surface area contributed by atoms with Gasteiger partial charge in [0, 0.05) is 0 Å². The van der Waals surface area contributed by atoms with E-state index in [2.05, 4.69) is 56.2 Å². The van der Waals surface area contributed by atoms with Crippen molar-refractivity contribution in [2.75, 3.05) is 6.61 Å². The molecule has 4 heteroatoms. The van der Waals surface area contributed by atoms with Crippen molar-refractivity contribution in [1.29, 1.82) is 0 Å². The van der Waals surface area contributed by atoms with Gasteiger partial charge < -0.3 is 14.0 Å². The van der Waals surface area contributed by atoms with Crippen LogP contribution in [0.25, 0.3) is 11.0 Å². The van der Waals surface area contributed by atoms with Crippen molar-refractivity contribution in [3.63, 3.8) is 0 Å². The lowest BCUT2D eigenvalue weighted by Gasteiger charge is -2.19. The Labute approximate surface area is 196 Å². The molecule has 0 aliphatic heterocycles. The van der Waals surface area contributed by atoms with Crippen molar-refractivity contribution < 1.29 is 9.47 Å². The molecule has 0 N–H and O–H groups in total. The Balaban J connectivity index is 1.48. The molecule has 4 aromatic rings. The lowest BCUT2D eigenvalue weighted by atomic mass is 9.87. The van der Waals surface area contributed by atoms with Crippen molar-refractivity contribution >= 4 is 11.0 Å². The largest absolute Gasteiger partial charge is 0.491 e. The molecule has 0 unspecified atom stereocenters. The Morgan fingerprint density at radius 2 is 1.64 bits per heavy atom. The van der Waals surface area contributed by atoms with Gasteiger partial charge in [-0.2, -0.15) is 0 Å². The van der Waals surface area contributed by atoms with Crippen LogP contribution in [-0.4, -0.2) is 16.2 Å². The Bertz CT molecular complexity index is 1220. The number of benzene rings is 3. The van der Waals surface area contributed by atoms with Gasteiger partial charge in [0.05, 0.1) is 17.6 Å². The second-order valence-corrected chi connectivity index (χ2v) is 9.18. The Kier molecular flexibility index (Phi) is 6.83. The second kappa shape index (κ2) is 9.95. The Morgan fingerprint density at radius 1 is 0.909 bits per heavy atom. The van der Waals surface area contributed by atoms with Gasteiger partial charge in [-0.25, -0.2) is 4.98 Å². The van der Waals surface area contributed by atoms with E-state index in [9.17, 15) is 0 Å². The molecule has 1 aromatic heterocycles. The lowest BCUT2D eigenvalue weighted by Crippen LogP contribution is -2.13. The van der Waals surface area contributed by atoms with Crippen LogP contribution in [0, 0.1) is 0 Å². The van der Waals surface area contributed by atoms with Crippen LogP contribution in [0.1, 0.15) is 37.7 Å². The Hall–Kier alpha value is -3.53. The SMILES string of the molecule is C=CCc1ccccc1OCCn1c(COc2ccc(C(C)(C)C)cc2)nc2ccccc21. The van der Waals surface area contributed by atoms with Crippen molar-refractivity contribution in [3.8, 4) is 11.5 Å². The first-order chi connectivity index (χ1) is 16.0. The van der Waals surface area contributed by atoms with E-state index >= 15 is 0 Å². The summed E-state index contributed by atoms with van der Waals surface area (Å²) in [5, 5.41) is 0. The van der Waals surface area contributed by atoms with E-state index in [4.69, 9.17) is 14.5 Å². The number of ether oxygens (including phenoxy) is 2. The fraction of sp³-hybridized carbons (Fsp3) is 0.276. The minimum atomic E-state index is 0.122. The highest BCUT2D eigenvalue weighted by molar-refractivity contribution is 5.75. The topological polar surface area (TPSA) is 36.3 Å². The highest BCUT2D eigenvalue weighted by Gasteiger charge is 2.14. The van der Waals surface area contributed by atoms with Gasteiger partial charge in [0.15, 0.2) is 0 Å². The average molecular weight is 441 g/mol. The number of fused-ring (bicyclic) bond motifs is 1. The summed E-state index contributed by atoms with van der Waals surface area (Å²) in [5.41, 5.74) is 4.60. The van der Waals surface area contributed by atoms with Gasteiger partial charge in [0.2, 0.25) is 0 Å². The van der Waals surface area contributed by atoms with E-state index in [0.717, 1.165) is 40.3 Å². The number of hydrogen-bond donors (Lipinski definition) is 0. The number of rotatable bonds is 9. The first-order valence-electron chi connectivity index (χ1n) is 11.4. The van der Waals surface area contributed by atoms with E-state index < -0.39 is 0 Å². The molecule has 1 heterocycles. The lowest BCUT2D eigenvalue weighted by molar-refractivity contribution is 0.271. The first-order valence-corrected chi connectivity index (χ1v) is 11.4. The van der Waals surface area contributed by atoms with Gasteiger partial charge in [-0.1, -0.05) is 69.3 Å². The molecule has 0 aliphatic rings. The quantitative estimate of drug-likeness (QED) is 0.271. The van der Waals surface area contributed by atoms with Gasteiger partial charge in [0.25, 0.3) is 0 Å². The first kappa shape index (κ1) is 22.7. The zero-order chi connectivity index (χ0) is 23.3. The molecule has 0 aliphatic carbocycles. The molecule has 0 atom stereocenters. The molecule has 170 valence electrons. The van der Waals surface area contributed by atoms with Crippen LogP contribution in [0.3, 0.4) is 0 Å². The van der Waals surface area contributed by atoms with E-state index in [1.807, 2.05) is 54.6 Å². The van der Waals surface area contributed by atoms with E-state index in [1.54, 1.807) is 0 Å². The summed E-state index contributed by atoms with van der Waals surface area (Å²) in [6.45, 7) is 12.1. The molecule has 0 bridgehead atoms.